The third-order valence-electron chi connectivity index (χ3n) is 5.73. The van der Waals surface area contributed by atoms with Gasteiger partial charge in [0.2, 0.25) is 0 Å². The topological polar surface area (TPSA) is 81.4 Å². The van der Waals surface area contributed by atoms with Gasteiger partial charge in [-0.25, -0.2) is 9.89 Å². The summed E-state index contributed by atoms with van der Waals surface area (Å²) in [7, 11) is 0. The number of aryl methyl sites for hydroxylation is 2. The van der Waals surface area contributed by atoms with E-state index in [4.69, 9.17) is 6.42 Å². The number of nitrogens with zero attached hydrogens (tertiary/aromatic N) is 5. The number of hydrogen-bond acceptors (Lipinski definition) is 4. The minimum absolute atomic E-state index is 0.0231. The van der Waals surface area contributed by atoms with E-state index in [9.17, 15) is 4.79 Å². The Bertz CT molecular complexity index is 1290. The van der Waals surface area contributed by atoms with Gasteiger partial charge in [-0.2, -0.15) is 0 Å². The minimum Gasteiger partial charge on any atom is -0.299 e. The Morgan fingerprint density at radius 2 is 1.85 bits per heavy atom. The first-order valence-electron chi connectivity index (χ1n) is 11.2. The lowest BCUT2D eigenvalue weighted by atomic mass is 9.98. The molecule has 4 rings (SSSR count). The minimum atomic E-state index is 0.0231. The summed E-state index contributed by atoms with van der Waals surface area (Å²) in [6.45, 7) is 5.57. The van der Waals surface area contributed by atoms with Gasteiger partial charge in [-0.1, -0.05) is 62.4 Å². The molecule has 0 spiro atoms. The summed E-state index contributed by atoms with van der Waals surface area (Å²) in [6, 6.07) is 16.3. The average molecular weight is 441 g/mol. The molecule has 2 aromatic heterocycles. The van der Waals surface area contributed by atoms with E-state index in [1.165, 1.54) is 0 Å². The van der Waals surface area contributed by atoms with Crippen molar-refractivity contribution in [1.82, 2.24) is 29.8 Å². The van der Waals surface area contributed by atoms with Crippen LogP contribution in [0, 0.1) is 18.3 Å². The quantitative estimate of drug-likeness (QED) is 0.396. The summed E-state index contributed by atoms with van der Waals surface area (Å²) in [5.74, 6) is 3.85. The standard InChI is InChI=1S/C26H28N6O/c1-4-5-8-22-18-31(16-15-19(2)3)26(33)32(22)17-20-11-13-21(14-12-20)23-9-6-7-10-24(23)25-27-29-30-28-25/h1,6-7,9-14,18-19H,5,8,15-17H2,2-3H3,(H,27,28,29,30). The van der Waals surface area contributed by atoms with Gasteiger partial charge >= 0.3 is 5.69 Å². The van der Waals surface area contributed by atoms with E-state index in [2.05, 4.69) is 64.7 Å². The Labute approximate surface area is 193 Å². The molecule has 168 valence electrons. The summed E-state index contributed by atoms with van der Waals surface area (Å²) in [5.41, 5.74) is 5.09. The van der Waals surface area contributed by atoms with Gasteiger partial charge < -0.3 is 0 Å². The molecule has 7 nitrogen and oxygen atoms in total. The predicted molar refractivity (Wildman–Crippen MR) is 129 cm³/mol. The number of terminal acetylenes is 1. The molecule has 4 aromatic rings. The lowest BCUT2D eigenvalue weighted by Gasteiger charge is -2.10. The molecular formula is C26H28N6O. The first-order valence-corrected chi connectivity index (χ1v) is 11.2. The molecule has 0 saturated carbocycles. The van der Waals surface area contributed by atoms with Gasteiger partial charge in [-0.3, -0.25) is 9.13 Å². The van der Waals surface area contributed by atoms with E-state index >= 15 is 0 Å². The number of aromatic amines is 1. The smallest absolute Gasteiger partial charge is 0.299 e. The fourth-order valence-corrected chi connectivity index (χ4v) is 3.90. The Morgan fingerprint density at radius 1 is 1.09 bits per heavy atom. The monoisotopic (exact) mass is 440 g/mol. The molecule has 0 radical (unpaired) electrons. The first-order chi connectivity index (χ1) is 16.1. The van der Waals surface area contributed by atoms with E-state index in [0.29, 0.717) is 31.1 Å². The number of rotatable bonds is 9. The fourth-order valence-electron chi connectivity index (χ4n) is 3.90. The van der Waals surface area contributed by atoms with Crippen molar-refractivity contribution in [3.8, 4) is 34.9 Å². The van der Waals surface area contributed by atoms with Crippen LogP contribution in [0.4, 0.5) is 0 Å². The van der Waals surface area contributed by atoms with Crippen molar-refractivity contribution in [1.29, 1.82) is 0 Å². The Kier molecular flexibility index (Phi) is 6.84. The van der Waals surface area contributed by atoms with E-state index in [0.717, 1.165) is 40.9 Å². The molecule has 0 fully saturated rings. The van der Waals surface area contributed by atoms with Crippen LogP contribution in [0.5, 0.6) is 0 Å². The second-order valence-corrected chi connectivity index (χ2v) is 8.56. The van der Waals surface area contributed by atoms with Crippen LogP contribution in [-0.4, -0.2) is 29.8 Å². The molecule has 0 unspecified atom stereocenters. The third-order valence-corrected chi connectivity index (χ3v) is 5.73. The Balaban J connectivity index is 1.60. The Hall–Kier alpha value is -3.92. The van der Waals surface area contributed by atoms with Crippen LogP contribution in [0.3, 0.4) is 0 Å². The lowest BCUT2D eigenvalue weighted by molar-refractivity contribution is 0.502. The molecule has 0 atom stereocenters. The summed E-state index contributed by atoms with van der Waals surface area (Å²) in [5, 5.41) is 14.3. The second-order valence-electron chi connectivity index (χ2n) is 8.56. The van der Waals surface area contributed by atoms with Gasteiger partial charge in [0.25, 0.3) is 0 Å². The number of nitrogens with one attached hydrogen (secondary N) is 1. The van der Waals surface area contributed by atoms with Gasteiger partial charge in [-0.15, -0.1) is 17.4 Å². The maximum Gasteiger partial charge on any atom is 0.328 e. The molecule has 33 heavy (non-hydrogen) atoms. The highest BCUT2D eigenvalue weighted by Gasteiger charge is 2.13. The second kappa shape index (κ2) is 10.1. The third kappa shape index (κ3) is 5.12. The zero-order valence-electron chi connectivity index (χ0n) is 19.0. The summed E-state index contributed by atoms with van der Waals surface area (Å²) >= 11 is 0. The normalized spacial score (nSPS) is 11.1. The fraction of sp³-hybridized carbons (Fsp3) is 0.308. The van der Waals surface area contributed by atoms with Crippen LogP contribution >= 0.6 is 0 Å². The molecule has 2 heterocycles. The maximum atomic E-state index is 13.1. The summed E-state index contributed by atoms with van der Waals surface area (Å²) in [4.78, 5) is 13.1. The lowest BCUT2D eigenvalue weighted by Crippen LogP contribution is -2.26. The van der Waals surface area contributed by atoms with Gasteiger partial charge in [0.15, 0.2) is 5.82 Å². The Morgan fingerprint density at radius 3 is 2.52 bits per heavy atom. The zero-order chi connectivity index (χ0) is 23.2. The van der Waals surface area contributed by atoms with Crippen LogP contribution in [0.2, 0.25) is 0 Å². The average Bonchev–Trinajstić information content (AvgIpc) is 3.46. The highest BCUT2D eigenvalue weighted by atomic mass is 16.1. The van der Waals surface area contributed by atoms with Crippen molar-refractivity contribution in [2.24, 2.45) is 5.92 Å². The summed E-state index contributed by atoms with van der Waals surface area (Å²) in [6.07, 6.45) is 9.72. The van der Waals surface area contributed by atoms with E-state index in [1.54, 1.807) is 0 Å². The van der Waals surface area contributed by atoms with Crippen molar-refractivity contribution in [3.63, 3.8) is 0 Å². The molecule has 0 bridgehead atoms. The molecule has 1 N–H and O–H groups in total. The van der Waals surface area contributed by atoms with Crippen LogP contribution < -0.4 is 5.69 Å². The van der Waals surface area contributed by atoms with E-state index in [1.807, 2.05) is 39.6 Å². The molecule has 2 aromatic carbocycles. The van der Waals surface area contributed by atoms with Crippen LogP contribution in [0.25, 0.3) is 22.5 Å². The summed E-state index contributed by atoms with van der Waals surface area (Å²) < 4.78 is 3.67. The molecule has 7 heteroatoms. The van der Waals surface area contributed by atoms with Gasteiger partial charge in [0.1, 0.15) is 0 Å². The largest absolute Gasteiger partial charge is 0.328 e. The first kappa shape index (κ1) is 22.3. The predicted octanol–water partition coefficient (Wildman–Crippen LogP) is 4.16. The molecular weight excluding hydrogens is 412 g/mol. The van der Waals surface area contributed by atoms with Gasteiger partial charge in [-0.05, 0) is 39.5 Å². The van der Waals surface area contributed by atoms with Crippen molar-refractivity contribution >= 4 is 0 Å². The van der Waals surface area contributed by atoms with Crippen LogP contribution in [0.15, 0.2) is 59.5 Å². The van der Waals surface area contributed by atoms with Crippen molar-refractivity contribution in [3.05, 3.63) is 76.5 Å². The van der Waals surface area contributed by atoms with Crippen molar-refractivity contribution < 1.29 is 0 Å². The molecule has 0 saturated heterocycles. The number of benzene rings is 2. The number of H-pyrrole nitrogens is 1. The maximum absolute atomic E-state index is 13.1. The van der Waals surface area contributed by atoms with Crippen molar-refractivity contribution in [2.75, 3.05) is 0 Å². The SMILES string of the molecule is C#CCCc1cn(CCC(C)C)c(=O)n1Cc1ccc(-c2ccccc2-c2nnn[nH]2)cc1. The number of imidazole rings is 1. The molecule has 0 aliphatic heterocycles. The highest BCUT2D eigenvalue weighted by molar-refractivity contribution is 5.80. The molecule has 0 amide bonds. The highest BCUT2D eigenvalue weighted by Crippen LogP contribution is 2.29. The zero-order valence-corrected chi connectivity index (χ0v) is 19.0. The number of aromatic nitrogens is 6. The van der Waals surface area contributed by atoms with Crippen LogP contribution in [0.1, 0.15) is 37.9 Å². The van der Waals surface area contributed by atoms with Crippen LogP contribution in [-0.2, 0) is 19.5 Å². The number of tetrazole rings is 1. The van der Waals surface area contributed by atoms with Gasteiger partial charge in [0, 0.05) is 36.8 Å². The molecule has 0 aliphatic rings. The van der Waals surface area contributed by atoms with Crippen molar-refractivity contribution in [2.45, 2.75) is 46.2 Å². The van der Waals surface area contributed by atoms with E-state index < -0.39 is 0 Å². The van der Waals surface area contributed by atoms with E-state index in [-0.39, 0.29) is 5.69 Å². The molecule has 0 aliphatic carbocycles. The number of hydrogen-bond donors (Lipinski definition) is 1. The van der Waals surface area contributed by atoms with Gasteiger partial charge in [0.05, 0.1) is 6.54 Å².